The van der Waals surface area contributed by atoms with Crippen molar-refractivity contribution in [2.75, 3.05) is 0 Å². The minimum Gasteiger partial charge on any atom is -0.309 e. The molecule has 0 aliphatic carbocycles. The molecule has 4 aromatic heterocycles. The molecular weight excluding hydrogens is 1240 g/mol. The smallest absolute Gasteiger partial charge is 0.160 e. The molecule has 16 aromatic carbocycles. The second-order valence-electron chi connectivity index (χ2n) is 26.1. The van der Waals surface area contributed by atoms with E-state index in [0.717, 1.165) is 67.5 Å². The minimum absolute atomic E-state index is 0.705. The van der Waals surface area contributed by atoms with Gasteiger partial charge in [-0.25, -0.2) is 19.9 Å². The van der Waals surface area contributed by atoms with E-state index in [0.29, 0.717) is 11.6 Å². The number of rotatable bonds is 10. The highest BCUT2D eigenvalue weighted by atomic mass is 15.0. The Labute approximate surface area is 589 Å². The lowest BCUT2D eigenvalue weighted by atomic mass is 9.96. The van der Waals surface area contributed by atoms with Crippen molar-refractivity contribution in [3.05, 3.63) is 376 Å². The van der Waals surface area contributed by atoms with Crippen LogP contribution in [0.3, 0.4) is 0 Å². The van der Waals surface area contributed by atoms with Crippen LogP contribution in [-0.2, 0) is 0 Å². The van der Waals surface area contributed by atoms with Gasteiger partial charge in [0.05, 0.1) is 44.8 Å². The van der Waals surface area contributed by atoms with E-state index in [9.17, 15) is 0 Å². The standard InChI is InChI=1S/2C48H31N3/c1-3-12-34(13-4-1)43-31-44(35-14-5-2-6-15-35)50-48(49-43)36-23-26-40(27-24-36)51-45-18-10-9-17-41(45)47-42-30-39(22-20-33(42)25-28-46(47)51)38-21-19-32-11-7-8-16-37(32)29-38;1-3-12-33(13-4-1)43-31-44(34-14-5-2-6-15-34)50-48(49-43)35-21-25-40(26-22-35)51-45-18-10-9-17-42(45)47-41-27-23-38(30-39(41)24-28-46(47)51)37-20-19-32-11-7-8-16-36(32)29-37/h2*1-31H. The highest BCUT2D eigenvalue weighted by Crippen LogP contribution is 2.42. The Hall–Kier alpha value is -13.7. The Balaban J connectivity index is 0.000000141. The lowest BCUT2D eigenvalue weighted by molar-refractivity contribution is 1.16. The average Bonchev–Trinajstić information content (AvgIpc) is 1.56. The van der Waals surface area contributed by atoms with E-state index in [1.165, 1.54) is 109 Å². The topological polar surface area (TPSA) is 61.4 Å². The van der Waals surface area contributed by atoms with E-state index in [1.54, 1.807) is 0 Å². The van der Waals surface area contributed by atoms with Crippen molar-refractivity contribution >= 4 is 86.7 Å². The number of aromatic nitrogens is 6. The lowest BCUT2D eigenvalue weighted by Gasteiger charge is -2.12. The van der Waals surface area contributed by atoms with Crippen molar-refractivity contribution in [3.8, 4) is 101 Å². The molecule has 0 aliphatic heterocycles. The summed E-state index contributed by atoms with van der Waals surface area (Å²) < 4.78 is 4.76. The fraction of sp³-hybridized carbons (Fsp3) is 0. The normalized spacial score (nSPS) is 11.5. The molecule has 102 heavy (non-hydrogen) atoms. The van der Waals surface area contributed by atoms with Crippen LogP contribution in [0.1, 0.15) is 0 Å². The second-order valence-corrected chi connectivity index (χ2v) is 26.1. The highest BCUT2D eigenvalue weighted by molar-refractivity contribution is 6.23. The third-order valence-corrected chi connectivity index (χ3v) is 20.0. The summed E-state index contributed by atoms with van der Waals surface area (Å²) in [5, 5.41) is 15.0. The quantitative estimate of drug-likeness (QED) is 0.137. The van der Waals surface area contributed by atoms with E-state index in [1.807, 2.05) is 72.8 Å². The van der Waals surface area contributed by atoms with Crippen LogP contribution in [0.4, 0.5) is 0 Å². The molecule has 20 aromatic rings. The Morgan fingerprint density at radius 3 is 0.912 bits per heavy atom. The van der Waals surface area contributed by atoms with Gasteiger partial charge in [0.2, 0.25) is 0 Å². The molecule has 6 heteroatoms. The summed E-state index contributed by atoms with van der Waals surface area (Å²) in [6.07, 6.45) is 0. The van der Waals surface area contributed by atoms with Crippen LogP contribution in [0.25, 0.3) is 188 Å². The number of hydrogen-bond donors (Lipinski definition) is 0. The molecule has 0 fully saturated rings. The monoisotopic (exact) mass is 1300 g/mol. The summed E-state index contributed by atoms with van der Waals surface area (Å²) in [4.78, 5) is 20.2. The SMILES string of the molecule is c1ccc(-c2cc(-c3ccccc3)nc(-c3ccc(-n4c5ccccc5c5c6cc(-c7ccc8ccccc8c7)ccc6ccc54)cc3)n2)cc1.c1ccc(-c2cc(-c3ccccc3)nc(-c3ccc(-n4c5ccccc5c5c6ccc(-c7ccc8ccccc8c7)cc6ccc54)cc3)n2)cc1. The predicted octanol–water partition coefficient (Wildman–Crippen LogP) is 25.1. The Bertz CT molecular complexity index is 6470. The van der Waals surface area contributed by atoms with E-state index >= 15 is 0 Å². The third kappa shape index (κ3) is 10.9. The maximum atomic E-state index is 5.06. The van der Waals surface area contributed by atoms with Gasteiger partial charge in [0, 0.05) is 66.3 Å². The van der Waals surface area contributed by atoms with Gasteiger partial charge in [-0.3, -0.25) is 0 Å². The predicted molar refractivity (Wildman–Crippen MR) is 426 cm³/mol. The molecule has 0 bridgehead atoms. The molecule has 0 atom stereocenters. The lowest BCUT2D eigenvalue weighted by Crippen LogP contribution is -1.97. The van der Waals surface area contributed by atoms with Gasteiger partial charge >= 0.3 is 0 Å². The Morgan fingerprint density at radius 1 is 0.167 bits per heavy atom. The summed E-state index contributed by atoms with van der Waals surface area (Å²) >= 11 is 0. The van der Waals surface area contributed by atoms with Crippen molar-refractivity contribution in [1.82, 2.24) is 29.1 Å². The molecule has 0 unspecified atom stereocenters. The first-order chi connectivity index (χ1) is 50.5. The van der Waals surface area contributed by atoms with Crippen molar-refractivity contribution in [1.29, 1.82) is 0 Å². The van der Waals surface area contributed by atoms with Gasteiger partial charge in [-0.1, -0.05) is 267 Å². The third-order valence-electron chi connectivity index (χ3n) is 20.0. The molecule has 6 nitrogen and oxygen atoms in total. The molecule has 0 saturated heterocycles. The van der Waals surface area contributed by atoms with Crippen molar-refractivity contribution in [3.63, 3.8) is 0 Å². The van der Waals surface area contributed by atoms with Crippen LogP contribution >= 0.6 is 0 Å². The molecule has 0 aliphatic rings. The fourth-order valence-corrected chi connectivity index (χ4v) is 14.9. The Kier molecular flexibility index (Phi) is 14.8. The van der Waals surface area contributed by atoms with Crippen LogP contribution in [0.2, 0.25) is 0 Å². The van der Waals surface area contributed by atoms with Crippen LogP contribution in [0.5, 0.6) is 0 Å². The summed E-state index contributed by atoms with van der Waals surface area (Å²) in [5.41, 5.74) is 21.6. The van der Waals surface area contributed by atoms with Crippen LogP contribution in [0, 0.1) is 0 Å². The van der Waals surface area contributed by atoms with Gasteiger partial charge in [-0.15, -0.1) is 0 Å². The number of hydrogen-bond acceptors (Lipinski definition) is 4. The summed E-state index contributed by atoms with van der Waals surface area (Å²) in [6.45, 7) is 0. The van der Waals surface area contributed by atoms with Gasteiger partial charge in [0.1, 0.15) is 0 Å². The molecule has 4 heterocycles. The fourth-order valence-electron chi connectivity index (χ4n) is 14.9. The number of para-hydroxylation sites is 2. The zero-order valence-corrected chi connectivity index (χ0v) is 55.5. The number of fused-ring (bicyclic) bond motifs is 12. The van der Waals surface area contributed by atoms with Crippen molar-refractivity contribution in [2.24, 2.45) is 0 Å². The van der Waals surface area contributed by atoms with Crippen LogP contribution in [0.15, 0.2) is 376 Å². The second kappa shape index (κ2) is 25.3. The maximum Gasteiger partial charge on any atom is 0.160 e. The first kappa shape index (κ1) is 59.6. The van der Waals surface area contributed by atoms with Crippen LogP contribution in [-0.4, -0.2) is 29.1 Å². The Morgan fingerprint density at radius 2 is 0.480 bits per heavy atom. The average molecular weight is 1300 g/mol. The summed E-state index contributed by atoms with van der Waals surface area (Å²) in [6, 6.07) is 134. The zero-order chi connectivity index (χ0) is 67.5. The van der Waals surface area contributed by atoms with E-state index in [4.69, 9.17) is 19.9 Å². The highest BCUT2D eigenvalue weighted by Gasteiger charge is 2.20. The largest absolute Gasteiger partial charge is 0.309 e. The molecule has 0 radical (unpaired) electrons. The first-order valence-corrected chi connectivity index (χ1v) is 34.7. The van der Waals surface area contributed by atoms with Gasteiger partial charge < -0.3 is 9.13 Å². The minimum atomic E-state index is 0.705. The van der Waals surface area contributed by atoms with E-state index in [-0.39, 0.29) is 0 Å². The van der Waals surface area contributed by atoms with Crippen molar-refractivity contribution < 1.29 is 0 Å². The molecule has 0 N–H and O–H groups in total. The summed E-state index contributed by atoms with van der Waals surface area (Å²) in [5.74, 6) is 1.41. The number of benzene rings is 16. The first-order valence-electron chi connectivity index (χ1n) is 34.7. The molecule has 0 saturated carbocycles. The van der Waals surface area contributed by atoms with E-state index in [2.05, 4.69) is 312 Å². The zero-order valence-electron chi connectivity index (χ0n) is 55.5. The van der Waals surface area contributed by atoms with Crippen molar-refractivity contribution in [2.45, 2.75) is 0 Å². The molecule has 0 amide bonds. The van der Waals surface area contributed by atoms with Gasteiger partial charge in [0.25, 0.3) is 0 Å². The molecule has 476 valence electrons. The van der Waals surface area contributed by atoms with E-state index < -0.39 is 0 Å². The molecule has 0 spiro atoms. The number of nitrogens with zero attached hydrogens (tertiary/aromatic N) is 6. The van der Waals surface area contributed by atoms with Crippen LogP contribution < -0.4 is 0 Å². The molecule has 20 rings (SSSR count). The maximum absolute atomic E-state index is 5.06. The molecular formula is C96H62N6. The van der Waals surface area contributed by atoms with Gasteiger partial charge in [-0.2, -0.15) is 0 Å². The summed E-state index contributed by atoms with van der Waals surface area (Å²) in [7, 11) is 0. The van der Waals surface area contributed by atoms with Gasteiger partial charge in [0.15, 0.2) is 11.6 Å². The van der Waals surface area contributed by atoms with Gasteiger partial charge in [-0.05, 0) is 175 Å².